The standard InChI is InChI=1S/C9H9ClO4/c1-2-13-9(12)8-4-3-7(14-8)6(11)5-10/h3-4H,2,5H2,1H3. The van der Waals surface area contributed by atoms with E-state index in [1.54, 1.807) is 6.92 Å². The number of alkyl halides is 1. The largest absolute Gasteiger partial charge is 0.460 e. The van der Waals surface area contributed by atoms with Gasteiger partial charge in [0, 0.05) is 0 Å². The topological polar surface area (TPSA) is 56.5 Å². The van der Waals surface area contributed by atoms with Gasteiger partial charge in [-0.2, -0.15) is 0 Å². The van der Waals surface area contributed by atoms with Crippen LogP contribution in [-0.4, -0.2) is 24.2 Å². The summed E-state index contributed by atoms with van der Waals surface area (Å²) in [6.07, 6.45) is 0. The molecule has 14 heavy (non-hydrogen) atoms. The first-order valence-corrected chi connectivity index (χ1v) is 4.58. The molecule has 1 aromatic rings. The van der Waals surface area contributed by atoms with Gasteiger partial charge in [-0.1, -0.05) is 0 Å². The molecular formula is C9H9ClO4. The summed E-state index contributed by atoms with van der Waals surface area (Å²) in [4.78, 5) is 22.1. The van der Waals surface area contributed by atoms with Crippen molar-refractivity contribution >= 4 is 23.4 Å². The minimum atomic E-state index is -0.582. The molecule has 1 rings (SSSR count). The number of esters is 1. The second-order valence-electron chi connectivity index (χ2n) is 2.44. The number of Topliss-reactive ketones (excluding diaryl/α,β-unsaturated/α-hetero) is 1. The summed E-state index contributed by atoms with van der Waals surface area (Å²) >= 11 is 5.31. The zero-order valence-electron chi connectivity index (χ0n) is 7.58. The second kappa shape index (κ2) is 4.81. The number of hydrogen-bond acceptors (Lipinski definition) is 4. The first-order chi connectivity index (χ1) is 6.69. The molecule has 0 unspecified atom stereocenters. The molecule has 0 atom stereocenters. The minimum Gasteiger partial charge on any atom is -0.460 e. The van der Waals surface area contributed by atoms with Gasteiger partial charge in [0.1, 0.15) is 0 Å². The molecule has 4 nitrogen and oxygen atoms in total. The molecule has 0 amide bonds. The van der Waals surface area contributed by atoms with Crippen molar-refractivity contribution in [1.82, 2.24) is 0 Å². The number of hydrogen-bond donors (Lipinski definition) is 0. The summed E-state index contributed by atoms with van der Waals surface area (Å²) in [7, 11) is 0. The van der Waals surface area contributed by atoms with Crippen molar-refractivity contribution in [3.05, 3.63) is 23.7 Å². The van der Waals surface area contributed by atoms with Gasteiger partial charge in [0.2, 0.25) is 11.5 Å². The number of ether oxygens (including phenoxy) is 1. The van der Waals surface area contributed by atoms with E-state index in [-0.39, 0.29) is 29.8 Å². The molecule has 0 bridgehead atoms. The lowest BCUT2D eigenvalue weighted by Crippen LogP contribution is -2.03. The molecule has 76 valence electrons. The van der Waals surface area contributed by atoms with E-state index in [0.29, 0.717) is 0 Å². The van der Waals surface area contributed by atoms with Crippen LogP contribution in [0.1, 0.15) is 28.0 Å². The maximum absolute atomic E-state index is 11.1. The first-order valence-electron chi connectivity index (χ1n) is 4.05. The SMILES string of the molecule is CCOC(=O)c1ccc(C(=O)CCl)o1. The van der Waals surface area contributed by atoms with Gasteiger partial charge in [0.15, 0.2) is 5.76 Å². The Bertz CT molecular complexity index is 342. The Morgan fingerprint density at radius 1 is 1.43 bits per heavy atom. The van der Waals surface area contributed by atoms with Crippen molar-refractivity contribution in [3.63, 3.8) is 0 Å². The molecular weight excluding hydrogens is 208 g/mol. The Morgan fingerprint density at radius 2 is 2.07 bits per heavy atom. The van der Waals surface area contributed by atoms with Crippen molar-refractivity contribution in [3.8, 4) is 0 Å². The van der Waals surface area contributed by atoms with Crippen LogP contribution in [0, 0.1) is 0 Å². The maximum Gasteiger partial charge on any atom is 0.374 e. The summed E-state index contributed by atoms with van der Waals surface area (Å²) in [5, 5.41) is 0. The van der Waals surface area contributed by atoms with Gasteiger partial charge in [-0.05, 0) is 19.1 Å². The molecule has 0 N–H and O–H groups in total. The van der Waals surface area contributed by atoms with Gasteiger partial charge < -0.3 is 9.15 Å². The highest BCUT2D eigenvalue weighted by molar-refractivity contribution is 6.30. The number of furan rings is 1. The monoisotopic (exact) mass is 216 g/mol. The lowest BCUT2D eigenvalue weighted by atomic mass is 10.3. The number of carbonyl (C=O) groups excluding carboxylic acids is 2. The maximum atomic E-state index is 11.1. The molecule has 0 aromatic carbocycles. The van der Waals surface area contributed by atoms with E-state index in [9.17, 15) is 9.59 Å². The first kappa shape index (κ1) is 10.8. The predicted octanol–water partition coefficient (Wildman–Crippen LogP) is 1.88. The molecule has 0 aliphatic rings. The van der Waals surface area contributed by atoms with E-state index in [1.807, 2.05) is 0 Å². The number of ketones is 1. The van der Waals surface area contributed by atoms with E-state index in [0.717, 1.165) is 0 Å². The van der Waals surface area contributed by atoms with Crippen molar-refractivity contribution < 1.29 is 18.7 Å². The summed E-state index contributed by atoms with van der Waals surface area (Å²) in [6.45, 7) is 1.95. The van der Waals surface area contributed by atoms with E-state index >= 15 is 0 Å². The molecule has 5 heteroatoms. The van der Waals surface area contributed by atoms with Gasteiger partial charge in [0.25, 0.3) is 0 Å². The average molecular weight is 217 g/mol. The van der Waals surface area contributed by atoms with E-state index in [2.05, 4.69) is 4.74 Å². The summed E-state index contributed by atoms with van der Waals surface area (Å²) in [6, 6.07) is 2.79. The summed E-state index contributed by atoms with van der Waals surface area (Å²) in [5.41, 5.74) is 0. The lowest BCUT2D eigenvalue weighted by Gasteiger charge is -1.96. The third-order valence-electron chi connectivity index (χ3n) is 1.48. The van der Waals surface area contributed by atoms with Crippen LogP contribution >= 0.6 is 11.6 Å². The van der Waals surface area contributed by atoms with Crippen LogP contribution in [0.2, 0.25) is 0 Å². The highest BCUT2D eigenvalue weighted by Crippen LogP contribution is 2.10. The molecule has 0 spiro atoms. The van der Waals surface area contributed by atoms with Crippen molar-refractivity contribution in [2.45, 2.75) is 6.92 Å². The fourth-order valence-corrected chi connectivity index (χ4v) is 0.997. The Kier molecular flexibility index (Phi) is 3.71. The normalized spacial score (nSPS) is 9.86. The molecule has 0 radical (unpaired) electrons. The minimum absolute atomic E-state index is 0.0142. The fourth-order valence-electron chi connectivity index (χ4n) is 0.866. The molecule has 1 heterocycles. The third-order valence-corrected chi connectivity index (χ3v) is 1.72. The number of carbonyl (C=O) groups is 2. The van der Waals surface area contributed by atoms with E-state index < -0.39 is 5.97 Å². The Morgan fingerprint density at radius 3 is 2.64 bits per heavy atom. The molecule has 1 aromatic heterocycles. The van der Waals surface area contributed by atoms with E-state index in [1.165, 1.54) is 12.1 Å². The quantitative estimate of drug-likeness (QED) is 0.438. The second-order valence-corrected chi connectivity index (χ2v) is 2.71. The smallest absolute Gasteiger partial charge is 0.374 e. The van der Waals surface area contributed by atoms with Crippen LogP contribution in [0.15, 0.2) is 16.5 Å². The van der Waals surface area contributed by atoms with Gasteiger partial charge >= 0.3 is 5.97 Å². The van der Waals surface area contributed by atoms with Gasteiger partial charge in [0.05, 0.1) is 12.5 Å². The van der Waals surface area contributed by atoms with Crippen LogP contribution in [-0.2, 0) is 4.74 Å². The third kappa shape index (κ3) is 2.35. The van der Waals surface area contributed by atoms with E-state index in [4.69, 9.17) is 16.0 Å². The highest BCUT2D eigenvalue weighted by atomic mass is 35.5. The van der Waals surface area contributed by atoms with Crippen LogP contribution in [0.3, 0.4) is 0 Å². The van der Waals surface area contributed by atoms with Gasteiger partial charge in [-0.25, -0.2) is 4.79 Å². The molecule has 0 saturated carbocycles. The van der Waals surface area contributed by atoms with Crippen LogP contribution in [0.5, 0.6) is 0 Å². The Hall–Kier alpha value is -1.29. The highest BCUT2D eigenvalue weighted by Gasteiger charge is 2.15. The molecule has 0 fully saturated rings. The molecule has 0 aliphatic heterocycles. The lowest BCUT2D eigenvalue weighted by molar-refractivity contribution is 0.0488. The van der Waals surface area contributed by atoms with Crippen LogP contribution < -0.4 is 0 Å². The van der Waals surface area contributed by atoms with Gasteiger partial charge in [-0.3, -0.25) is 4.79 Å². The van der Waals surface area contributed by atoms with Gasteiger partial charge in [-0.15, -0.1) is 11.6 Å². The Labute approximate surface area is 85.8 Å². The van der Waals surface area contributed by atoms with Crippen molar-refractivity contribution in [2.75, 3.05) is 12.5 Å². The summed E-state index contributed by atoms with van der Waals surface area (Å²) in [5.74, 6) is -1.03. The molecule has 0 saturated heterocycles. The predicted molar refractivity (Wildman–Crippen MR) is 49.7 cm³/mol. The van der Waals surface area contributed by atoms with Crippen molar-refractivity contribution in [1.29, 1.82) is 0 Å². The van der Waals surface area contributed by atoms with Crippen LogP contribution in [0.4, 0.5) is 0 Å². The molecule has 0 aliphatic carbocycles. The average Bonchev–Trinajstić information content (AvgIpc) is 2.66. The number of halogens is 1. The number of rotatable bonds is 4. The fraction of sp³-hybridized carbons (Fsp3) is 0.333. The summed E-state index contributed by atoms with van der Waals surface area (Å²) < 4.78 is 9.62. The Balaban J connectivity index is 2.77. The zero-order chi connectivity index (χ0) is 10.6. The van der Waals surface area contributed by atoms with Crippen LogP contribution in [0.25, 0.3) is 0 Å². The van der Waals surface area contributed by atoms with Crippen molar-refractivity contribution in [2.24, 2.45) is 0 Å². The zero-order valence-corrected chi connectivity index (χ0v) is 8.34.